The average Bonchev–Trinajstić information content (AvgIpc) is 2.74. The summed E-state index contributed by atoms with van der Waals surface area (Å²) < 4.78 is 1.84. The van der Waals surface area contributed by atoms with Crippen LogP contribution in [-0.2, 0) is 0 Å². The third-order valence-electron chi connectivity index (χ3n) is 2.95. The van der Waals surface area contributed by atoms with Gasteiger partial charge in [0.1, 0.15) is 5.52 Å². The Hall–Kier alpha value is -1.62. The van der Waals surface area contributed by atoms with Gasteiger partial charge in [0.05, 0.1) is 5.69 Å². The van der Waals surface area contributed by atoms with Crippen molar-refractivity contribution >= 4 is 11.3 Å². The van der Waals surface area contributed by atoms with E-state index in [2.05, 4.69) is 35.3 Å². The lowest BCUT2D eigenvalue weighted by atomic mass is 10.1. The van der Waals surface area contributed by atoms with E-state index >= 15 is 0 Å². The number of hydrogen-bond acceptors (Lipinski definition) is 4. The van der Waals surface area contributed by atoms with Crippen molar-refractivity contribution in [3.8, 4) is 0 Å². The Morgan fingerprint density at radius 3 is 2.83 bits per heavy atom. The van der Waals surface area contributed by atoms with Gasteiger partial charge in [-0.3, -0.25) is 0 Å². The standard InChI is InChI=1S/C13H20N4O/c1-9(2)11-8-12-13(15-10(3)4-7-18)14-5-6-17(12)16-11/h5-6,8-10,18H,4,7H2,1-3H3,(H,14,15). The van der Waals surface area contributed by atoms with Gasteiger partial charge in [0.15, 0.2) is 5.82 Å². The summed E-state index contributed by atoms with van der Waals surface area (Å²) in [6.07, 6.45) is 4.29. The van der Waals surface area contributed by atoms with E-state index in [-0.39, 0.29) is 12.6 Å². The Balaban J connectivity index is 2.32. The monoisotopic (exact) mass is 248 g/mol. The lowest BCUT2D eigenvalue weighted by Gasteiger charge is -2.13. The van der Waals surface area contributed by atoms with Gasteiger partial charge >= 0.3 is 0 Å². The van der Waals surface area contributed by atoms with Crippen molar-refractivity contribution in [2.75, 3.05) is 11.9 Å². The number of nitrogens with one attached hydrogen (secondary N) is 1. The fraction of sp³-hybridized carbons (Fsp3) is 0.538. The van der Waals surface area contributed by atoms with Gasteiger partial charge in [-0.05, 0) is 25.3 Å². The zero-order valence-corrected chi connectivity index (χ0v) is 11.1. The van der Waals surface area contributed by atoms with Gasteiger partial charge in [-0.2, -0.15) is 5.10 Å². The summed E-state index contributed by atoms with van der Waals surface area (Å²) in [5, 5.41) is 16.7. The van der Waals surface area contributed by atoms with Gasteiger partial charge in [0.25, 0.3) is 0 Å². The minimum Gasteiger partial charge on any atom is -0.396 e. The third kappa shape index (κ3) is 2.61. The predicted octanol–water partition coefficient (Wildman–Crippen LogP) is 2.04. The third-order valence-corrected chi connectivity index (χ3v) is 2.95. The number of aliphatic hydroxyl groups is 1. The van der Waals surface area contributed by atoms with Crippen molar-refractivity contribution in [2.45, 2.75) is 39.2 Å². The van der Waals surface area contributed by atoms with Gasteiger partial charge in [-0.25, -0.2) is 9.50 Å². The molecule has 0 amide bonds. The van der Waals surface area contributed by atoms with Crippen LogP contribution in [-0.4, -0.2) is 32.4 Å². The molecule has 2 N–H and O–H groups in total. The van der Waals surface area contributed by atoms with Crippen LogP contribution in [0.5, 0.6) is 0 Å². The Morgan fingerprint density at radius 2 is 2.17 bits per heavy atom. The quantitative estimate of drug-likeness (QED) is 0.850. The van der Waals surface area contributed by atoms with Crippen LogP contribution in [0, 0.1) is 0 Å². The molecular formula is C13H20N4O. The normalized spacial score (nSPS) is 13.2. The van der Waals surface area contributed by atoms with E-state index in [0.717, 1.165) is 17.0 Å². The van der Waals surface area contributed by atoms with Crippen LogP contribution in [0.2, 0.25) is 0 Å². The van der Waals surface area contributed by atoms with Gasteiger partial charge in [0, 0.05) is 25.0 Å². The van der Waals surface area contributed by atoms with Crippen molar-refractivity contribution in [3.05, 3.63) is 24.2 Å². The molecule has 0 aliphatic rings. The molecule has 0 bridgehead atoms. The van der Waals surface area contributed by atoms with Crippen molar-refractivity contribution in [1.82, 2.24) is 14.6 Å². The molecule has 18 heavy (non-hydrogen) atoms. The van der Waals surface area contributed by atoms with Crippen LogP contribution in [0.3, 0.4) is 0 Å². The number of nitrogens with zero attached hydrogens (tertiary/aromatic N) is 3. The van der Waals surface area contributed by atoms with Crippen molar-refractivity contribution in [3.63, 3.8) is 0 Å². The average molecular weight is 248 g/mol. The van der Waals surface area contributed by atoms with Crippen molar-refractivity contribution in [2.24, 2.45) is 0 Å². The summed E-state index contributed by atoms with van der Waals surface area (Å²) in [4.78, 5) is 4.35. The number of aromatic nitrogens is 3. The second kappa shape index (κ2) is 5.35. The molecule has 0 aliphatic carbocycles. The number of aliphatic hydroxyl groups excluding tert-OH is 1. The van der Waals surface area contributed by atoms with Gasteiger partial charge < -0.3 is 10.4 Å². The molecule has 0 fully saturated rings. The van der Waals surface area contributed by atoms with E-state index in [1.54, 1.807) is 6.20 Å². The molecule has 2 aromatic heterocycles. The number of anilines is 1. The van der Waals surface area contributed by atoms with Crippen molar-refractivity contribution in [1.29, 1.82) is 0 Å². The van der Waals surface area contributed by atoms with Gasteiger partial charge in [-0.1, -0.05) is 13.8 Å². The predicted molar refractivity (Wildman–Crippen MR) is 71.9 cm³/mol. The first kappa shape index (κ1) is 12.8. The SMILES string of the molecule is CC(CCO)Nc1nccn2nc(C(C)C)cc12. The summed E-state index contributed by atoms with van der Waals surface area (Å²) >= 11 is 0. The Kier molecular flexibility index (Phi) is 3.81. The molecule has 0 spiro atoms. The van der Waals surface area contributed by atoms with E-state index < -0.39 is 0 Å². The van der Waals surface area contributed by atoms with E-state index in [1.165, 1.54) is 0 Å². The Bertz CT molecular complexity index is 521. The molecule has 0 aromatic carbocycles. The van der Waals surface area contributed by atoms with Crippen molar-refractivity contribution < 1.29 is 5.11 Å². The molecule has 2 heterocycles. The lowest BCUT2D eigenvalue weighted by molar-refractivity contribution is 0.282. The molecular weight excluding hydrogens is 228 g/mol. The molecule has 5 nitrogen and oxygen atoms in total. The molecule has 2 rings (SSSR count). The first-order valence-electron chi connectivity index (χ1n) is 6.33. The molecule has 98 valence electrons. The second-order valence-electron chi connectivity index (χ2n) is 4.89. The van der Waals surface area contributed by atoms with Crippen LogP contribution in [0.25, 0.3) is 5.52 Å². The first-order chi connectivity index (χ1) is 8.61. The first-order valence-corrected chi connectivity index (χ1v) is 6.33. The van der Waals surface area contributed by atoms with E-state index in [9.17, 15) is 0 Å². The van der Waals surface area contributed by atoms with Crippen LogP contribution < -0.4 is 5.32 Å². The maximum absolute atomic E-state index is 8.93. The fourth-order valence-corrected chi connectivity index (χ4v) is 1.83. The highest BCUT2D eigenvalue weighted by Crippen LogP contribution is 2.20. The summed E-state index contributed by atoms with van der Waals surface area (Å²) in [6, 6.07) is 2.25. The van der Waals surface area contributed by atoms with Crippen LogP contribution in [0.4, 0.5) is 5.82 Å². The van der Waals surface area contributed by atoms with E-state index in [0.29, 0.717) is 12.3 Å². The fourth-order valence-electron chi connectivity index (χ4n) is 1.83. The zero-order chi connectivity index (χ0) is 13.1. The smallest absolute Gasteiger partial charge is 0.152 e. The van der Waals surface area contributed by atoms with Crippen LogP contribution >= 0.6 is 0 Å². The summed E-state index contributed by atoms with van der Waals surface area (Å²) in [5.74, 6) is 1.21. The molecule has 0 saturated heterocycles. The maximum atomic E-state index is 8.93. The molecule has 0 radical (unpaired) electrons. The molecule has 1 atom stereocenters. The summed E-state index contributed by atoms with van der Waals surface area (Å²) in [5.41, 5.74) is 2.03. The van der Waals surface area contributed by atoms with E-state index in [1.807, 2.05) is 17.6 Å². The van der Waals surface area contributed by atoms with Gasteiger partial charge in [-0.15, -0.1) is 0 Å². The topological polar surface area (TPSA) is 62.5 Å². The Labute approximate surface area is 107 Å². The number of fused-ring (bicyclic) bond motifs is 1. The minimum absolute atomic E-state index is 0.174. The highest BCUT2D eigenvalue weighted by atomic mass is 16.3. The lowest BCUT2D eigenvalue weighted by Crippen LogP contribution is -2.17. The summed E-state index contributed by atoms with van der Waals surface area (Å²) in [6.45, 7) is 6.45. The highest BCUT2D eigenvalue weighted by Gasteiger charge is 2.11. The number of rotatable bonds is 5. The molecule has 2 aromatic rings. The van der Waals surface area contributed by atoms with Crippen LogP contribution in [0.15, 0.2) is 18.5 Å². The molecule has 5 heteroatoms. The minimum atomic E-state index is 0.174. The zero-order valence-electron chi connectivity index (χ0n) is 11.1. The maximum Gasteiger partial charge on any atom is 0.152 e. The number of hydrogen-bond donors (Lipinski definition) is 2. The molecule has 0 saturated carbocycles. The Morgan fingerprint density at radius 1 is 1.39 bits per heavy atom. The summed E-state index contributed by atoms with van der Waals surface area (Å²) in [7, 11) is 0. The highest BCUT2D eigenvalue weighted by molar-refractivity contribution is 5.68. The molecule has 1 unspecified atom stereocenters. The van der Waals surface area contributed by atoms with E-state index in [4.69, 9.17) is 5.11 Å². The van der Waals surface area contributed by atoms with Crippen LogP contribution in [0.1, 0.15) is 38.8 Å². The second-order valence-corrected chi connectivity index (χ2v) is 4.89. The van der Waals surface area contributed by atoms with Gasteiger partial charge in [0.2, 0.25) is 0 Å². The molecule has 0 aliphatic heterocycles. The largest absolute Gasteiger partial charge is 0.396 e.